The second-order valence-corrected chi connectivity index (χ2v) is 5.05. The van der Waals surface area contributed by atoms with Crippen LogP contribution < -0.4 is 10.1 Å². The van der Waals surface area contributed by atoms with Gasteiger partial charge in [0.05, 0.1) is 5.69 Å². The van der Waals surface area contributed by atoms with Crippen molar-refractivity contribution < 1.29 is 9.53 Å². The first-order chi connectivity index (χ1) is 10.1. The van der Waals surface area contributed by atoms with Crippen LogP contribution in [0.3, 0.4) is 0 Å². The fraction of sp³-hybridized carbons (Fsp3) is 0.267. The lowest BCUT2D eigenvalue weighted by molar-refractivity contribution is -0.123. The van der Waals surface area contributed by atoms with Gasteiger partial charge in [-0.25, -0.2) is 0 Å². The van der Waals surface area contributed by atoms with Crippen LogP contribution >= 0.6 is 11.6 Å². The molecular formula is C15H16ClN3O2. The van der Waals surface area contributed by atoms with Gasteiger partial charge in [-0.2, -0.15) is 0 Å². The molecule has 0 aliphatic rings. The van der Waals surface area contributed by atoms with E-state index in [1.807, 2.05) is 6.92 Å². The largest absolute Gasteiger partial charge is 0.484 e. The van der Waals surface area contributed by atoms with E-state index in [0.717, 1.165) is 5.69 Å². The number of ether oxygens (including phenoxy) is 1. The molecule has 0 aliphatic heterocycles. The second kappa shape index (κ2) is 7.59. The molecule has 0 radical (unpaired) electrons. The molecule has 1 heterocycles. The molecule has 1 amide bonds. The normalized spacial score (nSPS) is 11.7. The van der Waals surface area contributed by atoms with Crippen LogP contribution in [0.1, 0.15) is 12.6 Å². The maximum atomic E-state index is 11.8. The summed E-state index contributed by atoms with van der Waals surface area (Å²) < 4.78 is 5.38. The fourth-order valence-corrected chi connectivity index (χ4v) is 2.00. The van der Waals surface area contributed by atoms with Gasteiger partial charge in [0.15, 0.2) is 6.61 Å². The monoisotopic (exact) mass is 305 g/mol. The van der Waals surface area contributed by atoms with Crippen molar-refractivity contribution in [2.24, 2.45) is 0 Å². The van der Waals surface area contributed by atoms with Crippen LogP contribution in [-0.4, -0.2) is 28.5 Å². The van der Waals surface area contributed by atoms with E-state index in [0.29, 0.717) is 17.2 Å². The van der Waals surface area contributed by atoms with E-state index >= 15 is 0 Å². The first-order valence-corrected chi connectivity index (χ1v) is 6.94. The van der Waals surface area contributed by atoms with Gasteiger partial charge in [-0.3, -0.25) is 14.8 Å². The number of aromatic nitrogens is 2. The molecule has 0 spiro atoms. The molecule has 2 aromatic rings. The third-order valence-corrected chi connectivity index (χ3v) is 2.94. The van der Waals surface area contributed by atoms with E-state index in [2.05, 4.69) is 15.3 Å². The Hall–Kier alpha value is -2.14. The minimum Gasteiger partial charge on any atom is -0.484 e. The number of rotatable bonds is 6. The number of carbonyl (C=O) groups excluding carboxylic acids is 1. The van der Waals surface area contributed by atoms with Crippen LogP contribution in [0.5, 0.6) is 5.75 Å². The number of hydrogen-bond acceptors (Lipinski definition) is 4. The standard InChI is InChI=1S/C15H16ClN3O2/c1-11(7-13-9-17-5-6-18-13)19-15(20)10-21-14-4-2-3-12(16)8-14/h2-6,8-9,11H,7,10H2,1H3,(H,19,20)/t11-/m1/s1. The van der Waals surface area contributed by atoms with Gasteiger partial charge in [0.1, 0.15) is 5.75 Å². The Morgan fingerprint density at radius 1 is 1.43 bits per heavy atom. The number of hydrogen-bond donors (Lipinski definition) is 1. The average molecular weight is 306 g/mol. The van der Waals surface area contributed by atoms with Gasteiger partial charge in [-0.05, 0) is 25.1 Å². The number of nitrogens with one attached hydrogen (secondary N) is 1. The van der Waals surface area contributed by atoms with Gasteiger partial charge >= 0.3 is 0 Å². The van der Waals surface area contributed by atoms with E-state index in [1.165, 1.54) is 0 Å². The topological polar surface area (TPSA) is 64.1 Å². The van der Waals surface area contributed by atoms with Crippen molar-refractivity contribution in [1.29, 1.82) is 0 Å². The summed E-state index contributed by atoms with van der Waals surface area (Å²) in [7, 11) is 0. The molecule has 6 heteroatoms. The molecule has 1 atom stereocenters. The summed E-state index contributed by atoms with van der Waals surface area (Å²) in [4.78, 5) is 20.0. The highest BCUT2D eigenvalue weighted by Gasteiger charge is 2.09. The molecule has 110 valence electrons. The lowest BCUT2D eigenvalue weighted by Gasteiger charge is -2.13. The fourth-order valence-electron chi connectivity index (χ4n) is 1.82. The zero-order valence-corrected chi connectivity index (χ0v) is 12.4. The Balaban J connectivity index is 1.76. The minimum atomic E-state index is -0.189. The van der Waals surface area contributed by atoms with Crippen LogP contribution in [0.4, 0.5) is 0 Å². The van der Waals surface area contributed by atoms with Crippen LogP contribution in [0.15, 0.2) is 42.9 Å². The van der Waals surface area contributed by atoms with Crippen LogP contribution in [-0.2, 0) is 11.2 Å². The van der Waals surface area contributed by atoms with Crippen molar-refractivity contribution in [3.05, 3.63) is 53.6 Å². The molecule has 0 unspecified atom stereocenters. The maximum Gasteiger partial charge on any atom is 0.258 e. The van der Waals surface area contributed by atoms with E-state index in [-0.39, 0.29) is 18.6 Å². The molecule has 0 aliphatic carbocycles. The highest BCUT2D eigenvalue weighted by atomic mass is 35.5. The van der Waals surface area contributed by atoms with Crippen LogP contribution in [0, 0.1) is 0 Å². The SMILES string of the molecule is C[C@H](Cc1cnccn1)NC(=O)COc1cccc(Cl)c1. The molecule has 2 rings (SSSR count). The smallest absolute Gasteiger partial charge is 0.258 e. The van der Waals surface area contributed by atoms with Gasteiger partial charge < -0.3 is 10.1 Å². The Morgan fingerprint density at radius 2 is 2.29 bits per heavy atom. The summed E-state index contributed by atoms with van der Waals surface area (Å²) >= 11 is 5.84. The Morgan fingerprint density at radius 3 is 3.00 bits per heavy atom. The average Bonchev–Trinajstić information content (AvgIpc) is 2.46. The highest BCUT2D eigenvalue weighted by Crippen LogP contribution is 2.16. The number of halogens is 1. The van der Waals surface area contributed by atoms with E-state index in [1.54, 1.807) is 42.9 Å². The molecular weight excluding hydrogens is 290 g/mol. The Bertz CT molecular complexity index is 592. The molecule has 0 saturated heterocycles. The lowest BCUT2D eigenvalue weighted by Crippen LogP contribution is -2.37. The lowest BCUT2D eigenvalue weighted by atomic mass is 10.2. The second-order valence-electron chi connectivity index (χ2n) is 4.62. The van der Waals surface area contributed by atoms with E-state index in [4.69, 9.17) is 16.3 Å². The predicted octanol–water partition coefficient (Wildman–Crippen LogP) is 2.26. The molecule has 0 saturated carbocycles. The summed E-state index contributed by atoms with van der Waals surface area (Å²) in [6, 6.07) is 6.89. The molecule has 5 nitrogen and oxygen atoms in total. The number of benzene rings is 1. The van der Waals surface area contributed by atoms with Crippen molar-refractivity contribution in [1.82, 2.24) is 15.3 Å². The number of amides is 1. The predicted molar refractivity (Wildman–Crippen MR) is 80.3 cm³/mol. The van der Waals surface area contributed by atoms with Gasteiger partial charge in [0, 0.05) is 36.1 Å². The molecule has 0 fully saturated rings. The van der Waals surface area contributed by atoms with E-state index < -0.39 is 0 Å². The quantitative estimate of drug-likeness (QED) is 0.889. The minimum absolute atomic E-state index is 0.0443. The molecule has 21 heavy (non-hydrogen) atoms. The zero-order valence-electron chi connectivity index (χ0n) is 11.6. The molecule has 0 bridgehead atoms. The zero-order chi connectivity index (χ0) is 15.1. The first kappa shape index (κ1) is 15.3. The first-order valence-electron chi connectivity index (χ1n) is 6.56. The van der Waals surface area contributed by atoms with Gasteiger partial charge in [-0.15, -0.1) is 0 Å². The summed E-state index contributed by atoms with van der Waals surface area (Å²) in [5.74, 6) is 0.380. The Labute approximate surface area is 128 Å². The Kier molecular flexibility index (Phi) is 5.51. The molecule has 1 aromatic heterocycles. The van der Waals surface area contributed by atoms with Gasteiger partial charge in [0.2, 0.25) is 0 Å². The number of nitrogens with zero attached hydrogens (tertiary/aromatic N) is 2. The summed E-state index contributed by atoms with van der Waals surface area (Å²) in [6.45, 7) is 1.86. The number of carbonyl (C=O) groups is 1. The van der Waals surface area contributed by atoms with Crippen LogP contribution in [0.25, 0.3) is 0 Å². The van der Waals surface area contributed by atoms with Crippen molar-refractivity contribution >= 4 is 17.5 Å². The van der Waals surface area contributed by atoms with E-state index in [9.17, 15) is 4.79 Å². The third-order valence-electron chi connectivity index (χ3n) is 2.71. The van der Waals surface area contributed by atoms with Crippen molar-refractivity contribution in [3.63, 3.8) is 0 Å². The van der Waals surface area contributed by atoms with Crippen LogP contribution in [0.2, 0.25) is 5.02 Å². The summed E-state index contributed by atoms with van der Waals surface area (Å²) in [5.41, 5.74) is 0.834. The van der Waals surface area contributed by atoms with Gasteiger partial charge in [-0.1, -0.05) is 17.7 Å². The maximum absolute atomic E-state index is 11.8. The van der Waals surface area contributed by atoms with Crippen molar-refractivity contribution in [2.75, 3.05) is 6.61 Å². The van der Waals surface area contributed by atoms with Gasteiger partial charge in [0.25, 0.3) is 5.91 Å². The van der Waals surface area contributed by atoms with Crippen molar-refractivity contribution in [3.8, 4) is 5.75 Å². The van der Waals surface area contributed by atoms with Crippen molar-refractivity contribution in [2.45, 2.75) is 19.4 Å². The molecule has 1 aromatic carbocycles. The summed E-state index contributed by atoms with van der Waals surface area (Å²) in [5, 5.41) is 3.42. The third kappa shape index (κ3) is 5.39. The highest BCUT2D eigenvalue weighted by molar-refractivity contribution is 6.30. The summed E-state index contributed by atoms with van der Waals surface area (Å²) in [6.07, 6.45) is 5.56. The molecule has 1 N–H and O–H groups in total.